The van der Waals surface area contributed by atoms with Gasteiger partial charge in [-0.1, -0.05) is 38.7 Å². The quantitative estimate of drug-likeness (QED) is 0.589. The number of rotatable bonds is 4. The molecule has 1 aliphatic carbocycles. The number of aromatic hydroxyl groups is 2. The van der Waals surface area contributed by atoms with Crippen molar-refractivity contribution < 1.29 is 15.0 Å². The lowest BCUT2D eigenvalue weighted by Crippen LogP contribution is -2.38. The SMILES string of the molecule is CC(Cc1ccc(O)c(O)c1)C(=O)NC1CCCCCC1. The minimum absolute atomic E-state index is 0.0782. The summed E-state index contributed by atoms with van der Waals surface area (Å²) in [6, 6.07) is 5.03. The first-order valence-corrected chi connectivity index (χ1v) is 7.87. The Labute approximate surface area is 126 Å². The monoisotopic (exact) mass is 291 g/mol. The van der Waals surface area contributed by atoms with Gasteiger partial charge < -0.3 is 15.5 Å². The minimum atomic E-state index is -0.141. The molecule has 4 nitrogen and oxygen atoms in total. The van der Waals surface area contributed by atoms with Gasteiger partial charge in [0.15, 0.2) is 11.5 Å². The van der Waals surface area contributed by atoms with Crippen molar-refractivity contribution >= 4 is 5.91 Å². The molecule has 4 heteroatoms. The first-order chi connectivity index (χ1) is 10.1. The van der Waals surface area contributed by atoms with Crippen LogP contribution in [0.4, 0.5) is 0 Å². The van der Waals surface area contributed by atoms with Crippen LogP contribution in [0.15, 0.2) is 18.2 Å². The molecule has 1 aromatic carbocycles. The highest BCUT2D eigenvalue weighted by Crippen LogP contribution is 2.26. The van der Waals surface area contributed by atoms with Gasteiger partial charge in [0, 0.05) is 12.0 Å². The van der Waals surface area contributed by atoms with Gasteiger partial charge in [-0.3, -0.25) is 4.79 Å². The standard InChI is InChI=1S/C17H25NO3/c1-12(10-13-8-9-15(19)16(20)11-13)17(21)18-14-6-4-2-3-5-7-14/h8-9,11-12,14,19-20H,2-7,10H2,1H3,(H,18,21). The summed E-state index contributed by atoms with van der Waals surface area (Å²) in [6.45, 7) is 1.90. The zero-order valence-electron chi connectivity index (χ0n) is 12.6. The van der Waals surface area contributed by atoms with E-state index in [1.54, 1.807) is 6.07 Å². The Morgan fingerprint density at radius 2 is 1.86 bits per heavy atom. The first-order valence-electron chi connectivity index (χ1n) is 7.87. The lowest BCUT2D eigenvalue weighted by molar-refractivity contribution is -0.125. The number of amides is 1. The summed E-state index contributed by atoms with van der Waals surface area (Å²) in [5, 5.41) is 21.9. The summed E-state index contributed by atoms with van der Waals surface area (Å²) in [5.41, 5.74) is 0.855. The van der Waals surface area contributed by atoms with E-state index in [1.165, 1.54) is 37.8 Å². The molecular weight excluding hydrogens is 266 g/mol. The summed E-state index contributed by atoms with van der Waals surface area (Å²) in [6.07, 6.45) is 7.67. The number of benzene rings is 1. The second-order valence-corrected chi connectivity index (χ2v) is 6.13. The minimum Gasteiger partial charge on any atom is -0.504 e. The average molecular weight is 291 g/mol. The van der Waals surface area contributed by atoms with Crippen LogP contribution in [0.2, 0.25) is 0 Å². The van der Waals surface area contributed by atoms with E-state index >= 15 is 0 Å². The molecule has 1 atom stereocenters. The van der Waals surface area contributed by atoms with Crippen molar-refractivity contribution in [2.24, 2.45) is 5.92 Å². The molecule has 0 saturated heterocycles. The second-order valence-electron chi connectivity index (χ2n) is 6.13. The van der Waals surface area contributed by atoms with E-state index in [9.17, 15) is 15.0 Å². The molecule has 116 valence electrons. The molecule has 1 aromatic rings. The molecule has 0 heterocycles. The topological polar surface area (TPSA) is 69.6 Å². The predicted octanol–water partition coefficient (Wildman–Crippen LogP) is 3.12. The Morgan fingerprint density at radius 3 is 2.48 bits per heavy atom. The van der Waals surface area contributed by atoms with Crippen LogP contribution < -0.4 is 5.32 Å². The molecule has 2 rings (SSSR count). The van der Waals surface area contributed by atoms with Crippen LogP contribution in [0.5, 0.6) is 11.5 Å². The van der Waals surface area contributed by atoms with E-state index in [0.717, 1.165) is 18.4 Å². The summed E-state index contributed by atoms with van der Waals surface area (Å²) in [4.78, 5) is 12.3. The summed E-state index contributed by atoms with van der Waals surface area (Å²) in [7, 11) is 0. The number of nitrogens with one attached hydrogen (secondary N) is 1. The van der Waals surface area contributed by atoms with Crippen LogP contribution in [0.1, 0.15) is 51.0 Å². The van der Waals surface area contributed by atoms with Gasteiger partial charge in [-0.25, -0.2) is 0 Å². The molecule has 0 radical (unpaired) electrons. The molecule has 0 spiro atoms. The second kappa shape index (κ2) is 7.34. The van der Waals surface area contributed by atoms with E-state index in [4.69, 9.17) is 0 Å². The van der Waals surface area contributed by atoms with Crippen molar-refractivity contribution in [2.45, 2.75) is 57.9 Å². The van der Waals surface area contributed by atoms with E-state index in [1.807, 2.05) is 6.92 Å². The van der Waals surface area contributed by atoms with Crippen LogP contribution >= 0.6 is 0 Å². The van der Waals surface area contributed by atoms with Gasteiger partial charge in [-0.2, -0.15) is 0 Å². The largest absolute Gasteiger partial charge is 0.504 e. The smallest absolute Gasteiger partial charge is 0.223 e. The molecule has 3 N–H and O–H groups in total. The Kier molecular flexibility index (Phi) is 5.48. The van der Waals surface area contributed by atoms with Crippen molar-refractivity contribution in [2.75, 3.05) is 0 Å². The number of carbonyl (C=O) groups excluding carboxylic acids is 1. The molecule has 1 fully saturated rings. The van der Waals surface area contributed by atoms with Crippen molar-refractivity contribution in [1.29, 1.82) is 0 Å². The molecule has 0 aromatic heterocycles. The van der Waals surface area contributed by atoms with Crippen molar-refractivity contribution in [3.05, 3.63) is 23.8 Å². The summed E-state index contributed by atoms with van der Waals surface area (Å²) >= 11 is 0. The number of phenolic OH excluding ortho intramolecular Hbond substituents is 2. The van der Waals surface area contributed by atoms with Gasteiger partial charge in [-0.15, -0.1) is 0 Å². The Hall–Kier alpha value is -1.71. The maximum absolute atomic E-state index is 12.3. The Balaban J connectivity index is 1.87. The van der Waals surface area contributed by atoms with Gasteiger partial charge in [-0.05, 0) is 37.0 Å². The third kappa shape index (κ3) is 4.66. The van der Waals surface area contributed by atoms with Crippen molar-refractivity contribution in [3.8, 4) is 11.5 Å². The molecule has 21 heavy (non-hydrogen) atoms. The van der Waals surface area contributed by atoms with E-state index in [0.29, 0.717) is 12.5 Å². The van der Waals surface area contributed by atoms with Crippen molar-refractivity contribution in [1.82, 2.24) is 5.32 Å². The fourth-order valence-corrected chi connectivity index (χ4v) is 2.91. The highest BCUT2D eigenvalue weighted by atomic mass is 16.3. The van der Waals surface area contributed by atoms with Crippen LogP contribution in [0.25, 0.3) is 0 Å². The number of carbonyl (C=O) groups is 1. The molecule has 1 aliphatic rings. The molecule has 1 unspecified atom stereocenters. The highest BCUT2D eigenvalue weighted by molar-refractivity contribution is 5.78. The maximum Gasteiger partial charge on any atom is 0.223 e. The Morgan fingerprint density at radius 1 is 1.19 bits per heavy atom. The molecule has 0 bridgehead atoms. The third-order valence-corrected chi connectivity index (χ3v) is 4.23. The number of phenols is 2. The Bertz CT molecular complexity index is 479. The molecular formula is C17H25NO3. The van der Waals surface area contributed by atoms with Gasteiger partial charge in [0.2, 0.25) is 5.91 Å². The fraction of sp³-hybridized carbons (Fsp3) is 0.588. The van der Waals surface area contributed by atoms with Crippen molar-refractivity contribution in [3.63, 3.8) is 0 Å². The van der Waals surface area contributed by atoms with E-state index in [-0.39, 0.29) is 23.3 Å². The third-order valence-electron chi connectivity index (χ3n) is 4.23. The van der Waals surface area contributed by atoms with E-state index in [2.05, 4.69) is 5.32 Å². The van der Waals surface area contributed by atoms with Crippen LogP contribution in [-0.2, 0) is 11.2 Å². The summed E-state index contributed by atoms with van der Waals surface area (Å²) < 4.78 is 0. The first kappa shape index (κ1) is 15.7. The lowest BCUT2D eigenvalue weighted by atomic mass is 9.99. The van der Waals surface area contributed by atoms with Gasteiger partial charge in [0.05, 0.1) is 0 Å². The zero-order valence-corrected chi connectivity index (χ0v) is 12.6. The van der Waals surface area contributed by atoms with E-state index < -0.39 is 0 Å². The number of hydrogen-bond acceptors (Lipinski definition) is 3. The van der Waals surface area contributed by atoms with Gasteiger partial charge >= 0.3 is 0 Å². The molecule has 0 aliphatic heterocycles. The zero-order chi connectivity index (χ0) is 15.2. The highest BCUT2D eigenvalue weighted by Gasteiger charge is 2.19. The maximum atomic E-state index is 12.3. The van der Waals surface area contributed by atoms with Gasteiger partial charge in [0.25, 0.3) is 0 Å². The lowest BCUT2D eigenvalue weighted by Gasteiger charge is -2.19. The van der Waals surface area contributed by atoms with Crippen LogP contribution in [-0.4, -0.2) is 22.2 Å². The predicted molar refractivity (Wildman–Crippen MR) is 82.3 cm³/mol. The van der Waals surface area contributed by atoms with Crippen LogP contribution in [0, 0.1) is 5.92 Å². The van der Waals surface area contributed by atoms with Crippen LogP contribution in [0.3, 0.4) is 0 Å². The van der Waals surface area contributed by atoms with Gasteiger partial charge in [0.1, 0.15) is 0 Å². The summed E-state index contributed by atoms with van der Waals surface area (Å²) in [5.74, 6) is -0.329. The fourth-order valence-electron chi connectivity index (χ4n) is 2.91. The molecule has 1 saturated carbocycles. The number of hydrogen-bond donors (Lipinski definition) is 3. The molecule has 1 amide bonds. The average Bonchev–Trinajstić information content (AvgIpc) is 2.71. The normalized spacial score (nSPS) is 18.0.